The Morgan fingerprint density at radius 1 is 1.38 bits per heavy atom. The quantitative estimate of drug-likeness (QED) is 0.747. The summed E-state index contributed by atoms with van der Waals surface area (Å²) in [5, 5.41) is 0.534. The molecule has 0 aromatic heterocycles. The van der Waals surface area contributed by atoms with Gasteiger partial charge in [-0.1, -0.05) is 18.5 Å². The molecule has 0 spiro atoms. The average molecular weight is 316 g/mol. The first kappa shape index (κ1) is 17.6. The Labute approximate surface area is 130 Å². The van der Waals surface area contributed by atoms with Crippen molar-refractivity contribution in [3.8, 4) is 11.5 Å². The Bertz CT molecular complexity index is 479. The van der Waals surface area contributed by atoms with Crippen LogP contribution in [0.1, 0.15) is 25.8 Å². The minimum Gasteiger partial charge on any atom is -0.493 e. The van der Waals surface area contributed by atoms with Crippen LogP contribution in [0.4, 0.5) is 0 Å². The van der Waals surface area contributed by atoms with Crippen molar-refractivity contribution in [3.63, 3.8) is 0 Å². The van der Waals surface area contributed by atoms with Crippen molar-refractivity contribution in [1.82, 2.24) is 0 Å². The van der Waals surface area contributed by atoms with Gasteiger partial charge in [-0.05, 0) is 32.4 Å². The van der Waals surface area contributed by atoms with Gasteiger partial charge in [0.1, 0.15) is 0 Å². The number of esters is 1. The molecule has 0 aliphatic heterocycles. The predicted octanol–water partition coefficient (Wildman–Crippen LogP) is 2.57. The molecule has 1 aromatic rings. The van der Waals surface area contributed by atoms with Crippen LogP contribution in [-0.2, 0) is 16.0 Å². The largest absolute Gasteiger partial charge is 0.493 e. The van der Waals surface area contributed by atoms with Gasteiger partial charge in [-0.15, -0.1) is 0 Å². The topological polar surface area (TPSA) is 70.8 Å². The van der Waals surface area contributed by atoms with Gasteiger partial charge in [0.05, 0.1) is 13.7 Å². The normalized spacial score (nSPS) is 11.9. The van der Waals surface area contributed by atoms with Gasteiger partial charge in [0, 0.05) is 16.7 Å². The number of halogens is 1. The molecule has 0 saturated carbocycles. The van der Waals surface area contributed by atoms with E-state index in [0.29, 0.717) is 42.5 Å². The molecule has 1 aromatic carbocycles. The molecule has 1 unspecified atom stereocenters. The van der Waals surface area contributed by atoms with Crippen LogP contribution in [0.3, 0.4) is 0 Å². The molecule has 0 amide bonds. The highest BCUT2D eigenvalue weighted by Crippen LogP contribution is 2.36. The molecule has 0 fully saturated rings. The van der Waals surface area contributed by atoms with E-state index in [0.717, 1.165) is 5.56 Å². The number of nitrogens with two attached hydrogens (primary N) is 1. The minimum atomic E-state index is -0.684. The summed E-state index contributed by atoms with van der Waals surface area (Å²) in [5.41, 5.74) is 6.42. The number of methoxy groups -OCH3 is 1. The maximum atomic E-state index is 11.9. The van der Waals surface area contributed by atoms with Gasteiger partial charge in [0.15, 0.2) is 17.6 Å². The number of ether oxygens (including phenoxy) is 3. The SMILES string of the molecule is CCOC(=O)C(CC)Oc1c(CCN)cc(Cl)cc1OC. The fourth-order valence-corrected chi connectivity index (χ4v) is 2.16. The van der Waals surface area contributed by atoms with E-state index in [2.05, 4.69) is 0 Å². The zero-order chi connectivity index (χ0) is 15.8. The lowest BCUT2D eigenvalue weighted by atomic mass is 10.1. The van der Waals surface area contributed by atoms with Crippen LogP contribution in [0.2, 0.25) is 5.02 Å². The zero-order valence-electron chi connectivity index (χ0n) is 12.6. The summed E-state index contributed by atoms with van der Waals surface area (Å²) < 4.78 is 16.1. The maximum Gasteiger partial charge on any atom is 0.347 e. The molecule has 21 heavy (non-hydrogen) atoms. The van der Waals surface area contributed by atoms with E-state index in [1.54, 1.807) is 19.1 Å². The molecule has 0 aliphatic carbocycles. The van der Waals surface area contributed by atoms with Crippen molar-refractivity contribution in [2.75, 3.05) is 20.3 Å². The minimum absolute atomic E-state index is 0.312. The third-order valence-electron chi connectivity index (χ3n) is 2.91. The van der Waals surface area contributed by atoms with Gasteiger partial charge < -0.3 is 19.9 Å². The Balaban J connectivity index is 3.11. The molecule has 5 nitrogen and oxygen atoms in total. The van der Waals surface area contributed by atoms with E-state index in [4.69, 9.17) is 31.5 Å². The van der Waals surface area contributed by atoms with Crippen LogP contribution >= 0.6 is 11.6 Å². The zero-order valence-corrected chi connectivity index (χ0v) is 13.4. The Morgan fingerprint density at radius 2 is 2.10 bits per heavy atom. The third kappa shape index (κ3) is 4.79. The summed E-state index contributed by atoms with van der Waals surface area (Å²) in [6, 6.07) is 3.42. The van der Waals surface area contributed by atoms with Crippen LogP contribution in [0.5, 0.6) is 11.5 Å². The summed E-state index contributed by atoms with van der Waals surface area (Å²) in [5.74, 6) is 0.580. The van der Waals surface area contributed by atoms with E-state index in [-0.39, 0.29) is 0 Å². The molecule has 1 rings (SSSR count). The van der Waals surface area contributed by atoms with E-state index in [1.807, 2.05) is 6.92 Å². The van der Waals surface area contributed by atoms with E-state index < -0.39 is 12.1 Å². The highest BCUT2D eigenvalue weighted by atomic mass is 35.5. The van der Waals surface area contributed by atoms with Gasteiger partial charge in [-0.2, -0.15) is 0 Å². The lowest BCUT2D eigenvalue weighted by Crippen LogP contribution is -2.29. The van der Waals surface area contributed by atoms with Crippen LogP contribution in [-0.4, -0.2) is 32.3 Å². The summed E-state index contributed by atoms with van der Waals surface area (Å²) in [6.07, 6.45) is 0.384. The molecule has 0 aliphatic rings. The van der Waals surface area contributed by atoms with Gasteiger partial charge in [0.2, 0.25) is 0 Å². The predicted molar refractivity (Wildman–Crippen MR) is 82.1 cm³/mol. The number of carbonyl (C=O) groups excluding carboxylic acids is 1. The van der Waals surface area contributed by atoms with Crippen LogP contribution in [0.25, 0.3) is 0 Å². The second-order valence-corrected chi connectivity index (χ2v) is 4.84. The summed E-state index contributed by atoms with van der Waals surface area (Å²) in [6.45, 7) is 4.36. The molecule has 2 N–H and O–H groups in total. The van der Waals surface area contributed by atoms with E-state index in [9.17, 15) is 4.79 Å². The highest BCUT2D eigenvalue weighted by molar-refractivity contribution is 6.30. The van der Waals surface area contributed by atoms with Crippen LogP contribution in [0.15, 0.2) is 12.1 Å². The summed E-state index contributed by atoms with van der Waals surface area (Å²) in [7, 11) is 1.52. The fraction of sp³-hybridized carbons (Fsp3) is 0.533. The number of rotatable bonds is 8. The van der Waals surface area contributed by atoms with Crippen molar-refractivity contribution in [2.45, 2.75) is 32.8 Å². The molecule has 0 heterocycles. The molecule has 1 atom stereocenters. The fourth-order valence-electron chi connectivity index (χ4n) is 1.92. The van der Waals surface area contributed by atoms with Crippen molar-refractivity contribution in [3.05, 3.63) is 22.7 Å². The smallest absolute Gasteiger partial charge is 0.347 e. The molecule has 118 valence electrons. The maximum absolute atomic E-state index is 11.9. The molecule has 0 bridgehead atoms. The Hall–Kier alpha value is -1.46. The first-order chi connectivity index (χ1) is 10.1. The lowest BCUT2D eigenvalue weighted by molar-refractivity contribution is -0.151. The van der Waals surface area contributed by atoms with Crippen molar-refractivity contribution < 1.29 is 19.0 Å². The number of hydrogen-bond donors (Lipinski definition) is 1. The second-order valence-electron chi connectivity index (χ2n) is 4.40. The summed E-state index contributed by atoms with van der Waals surface area (Å²) in [4.78, 5) is 11.9. The number of hydrogen-bond acceptors (Lipinski definition) is 5. The molecular formula is C15H22ClNO4. The highest BCUT2D eigenvalue weighted by Gasteiger charge is 2.23. The average Bonchev–Trinajstić information content (AvgIpc) is 2.46. The lowest BCUT2D eigenvalue weighted by Gasteiger charge is -2.20. The Kier molecular flexibility index (Phi) is 7.32. The molecule has 0 saturated heterocycles. The monoisotopic (exact) mass is 315 g/mol. The van der Waals surface area contributed by atoms with Gasteiger partial charge in [-0.25, -0.2) is 4.79 Å². The van der Waals surface area contributed by atoms with E-state index >= 15 is 0 Å². The van der Waals surface area contributed by atoms with Gasteiger partial charge in [0.25, 0.3) is 0 Å². The first-order valence-corrected chi connectivity index (χ1v) is 7.34. The van der Waals surface area contributed by atoms with Gasteiger partial charge in [-0.3, -0.25) is 0 Å². The van der Waals surface area contributed by atoms with Crippen molar-refractivity contribution in [2.24, 2.45) is 5.73 Å². The van der Waals surface area contributed by atoms with Crippen LogP contribution < -0.4 is 15.2 Å². The van der Waals surface area contributed by atoms with Gasteiger partial charge >= 0.3 is 5.97 Å². The van der Waals surface area contributed by atoms with E-state index in [1.165, 1.54) is 7.11 Å². The van der Waals surface area contributed by atoms with Crippen LogP contribution in [0, 0.1) is 0 Å². The summed E-state index contributed by atoms with van der Waals surface area (Å²) >= 11 is 6.05. The molecular weight excluding hydrogens is 294 g/mol. The molecule has 6 heteroatoms. The second kappa shape index (κ2) is 8.74. The number of benzene rings is 1. The molecule has 0 radical (unpaired) electrons. The Morgan fingerprint density at radius 3 is 2.62 bits per heavy atom. The number of carbonyl (C=O) groups is 1. The standard InChI is InChI=1S/C15H22ClNO4/c1-4-12(15(18)20-5-2)21-14-10(6-7-17)8-11(16)9-13(14)19-3/h8-9,12H,4-7,17H2,1-3H3. The van der Waals surface area contributed by atoms with Crippen molar-refractivity contribution in [1.29, 1.82) is 0 Å². The first-order valence-electron chi connectivity index (χ1n) is 6.97. The third-order valence-corrected chi connectivity index (χ3v) is 3.13. The van der Waals surface area contributed by atoms with Crippen molar-refractivity contribution >= 4 is 17.6 Å².